The van der Waals surface area contributed by atoms with Gasteiger partial charge in [-0.05, 0) is 49.8 Å². The molecule has 1 aromatic carbocycles. The van der Waals surface area contributed by atoms with Crippen molar-refractivity contribution in [1.82, 2.24) is 20.9 Å². The number of nitrogens with one attached hydrogen (secondary N) is 3. The maximum absolute atomic E-state index is 12.8. The fourth-order valence-electron chi connectivity index (χ4n) is 4.29. The second-order valence-electron chi connectivity index (χ2n) is 8.44. The lowest BCUT2D eigenvalue weighted by Gasteiger charge is -2.36. The van der Waals surface area contributed by atoms with E-state index in [4.69, 9.17) is 23.2 Å². The van der Waals surface area contributed by atoms with Crippen LogP contribution >= 0.6 is 23.2 Å². The van der Waals surface area contributed by atoms with E-state index in [1.54, 1.807) is 12.1 Å². The van der Waals surface area contributed by atoms with Gasteiger partial charge in [0.2, 0.25) is 0 Å². The molecule has 0 aromatic heterocycles. The summed E-state index contributed by atoms with van der Waals surface area (Å²) in [6, 6.07) is 6.08. The second-order valence-corrected chi connectivity index (χ2v) is 9.29. The van der Waals surface area contributed by atoms with Gasteiger partial charge in [0.05, 0.1) is 12.1 Å². The highest BCUT2D eigenvalue weighted by molar-refractivity contribution is 6.35. The maximum atomic E-state index is 12.8. The molecule has 33 heavy (non-hydrogen) atoms. The molecule has 0 bridgehead atoms. The molecule has 2 fully saturated rings. The molecule has 183 valence electrons. The summed E-state index contributed by atoms with van der Waals surface area (Å²) in [5.74, 6) is 0. The average molecular weight is 497 g/mol. The summed E-state index contributed by atoms with van der Waals surface area (Å²) in [6.07, 6.45) is 10.9. The molecule has 4 amide bonds. The minimum Gasteiger partial charge on any atom is -0.336 e. The Kier molecular flexibility index (Phi) is 13.6. The van der Waals surface area contributed by atoms with Crippen molar-refractivity contribution in [3.05, 3.63) is 54.7 Å². The Morgan fingerprint density at radius 3 is 2.33 bits per heavy atom. The summed E-state index contributed by atoms with van der Waals surface area (Å²) in [5.41, 5.74) is 0.821. The number of likely N-dealkylation sites (tertiary alicyclic amines) is 1. The van der Waals surface area contributed by atoms with Crippen molar-refractivity contribution in [3.63, 3.8) is 0 Å². The molecule has 1 aliphatic heterocycles. The van der Waals surface area contributed by atoms with Crippen LogP contribution in [0, 0.1) is 20.9 Å². The Bertz CT molecular complexity index is 739. The minimum atomic E-state index is -0.158. The van der Waals surface area contributed by atoms with Gasteiger partial charge in [-0.25, -0.2) is 9.59 Å². The monoisotopic (exact) mass is 495 g/mol. The fraction of sp³-hybridized carbons (Fsp3) is 0.560. The third-order valence-corrected chi connectivity index (χ3v) is 6.67. The van der Waals surface area contributed by atoms with Gasteiger partial charge in [-0.1, -0.05) is 76.2 Å². The van der Waals surface area contributed by atoms with E-state index in [1.807, 2.05) is 11.0 Å². The van der Waals surface area contributed by atoms with Gasteiger partial charge in [0, 0.05) is 29.7 Å². The lowest BCUT2D eigenvalue weighted by Crippen LogP contribution is -2.53. The first-order valence-corrected chi connectivity index (χ1v) is 12.2. The number of carbonyl (C=O) groups excluding carboxylic acids is 2. The Hall–Kier alpha value is -1.66. The first kappa shape index (κ1) is 29.4. The molecule has 1 aliphatic carbocycles. The standard InChI is InChI=1S/C23H33Cl2N4O2.2CH2/c24-18-12-11-17(21(25)14-18)15-27-23(31)29-13-7-6-10-20(29)16-26-22(30)28-19-8-4-2-1-3-5-9-19;;/h11-12,14,20H,1-10,13,15-16H2,(H,27,31)(H2,26,28,30);2*1H2. The lowest BCUT2D eigenvalue weighted by atomic mass is 9.97. The molecule has 1 saturated heterocycles. The van der Waals surface area contributed by atoms with E-state index in [0.717, 1.165) is 56.6 Å². The molecule has 3 N–H and O–H groups in total. The zero-order valence-corrected chi connectivity index (χ0v) is 20.9. The number of nitrogens with zero attached hydrogens (tertiary/aromatic N) is 1. The molecule has 1 atom stereocenters. The molecule has 6 nitrogen and oxygen atoms in total. The van der Waals surface area contributed by atoms with Crippen molar-refractivity contribution < 1.29 is 9.59 Å². The van der Waals surface area contributed by atoms with Crippen LogP contribution in [0.3, 0.4) is 0 Å². The highest BCUT2D eigenvalue weighted by atomic mass is 35.5. The highest BCUT2D eigenvalue weighted by Crippen LogP contribution is 2.23. The number of halogens is 2. The topological polar surface area (TPSA) is 73.5 Å². The van der Waals surface area contributed by atoms with Gasteiger partial charge >= 0.3 is 12.1 Å². The van der Waals surface area contributed by atoms with Gasteiger partial charge in [0.1, 0.15) is 0 Å². The summed E-state index contributed by atoms with van der Waals surface area (Å²) in [7, 11) is 0. The highest BCUT2D eigenvalue weighted by Gasteiger charge is 2.27. The number of rotatable bonds is 5. The number of hydrogen-bond donors (Lipinski definition) is 3. The van der Waals surface area contributed by atoms with Gasteiger partial charge in [-0.2, -0.15) is 0 Å². The molecule has 1 saturated carbocycles. The third-order valence-electron chi connectivity index (χ3n) is 6.08. The summed E-state index contributed by atoms with van der Waals surface area (Å²) in [4.78, 5) is 27.1. The van der Waals surface area contributed by atoms with Crippen LogP contribution in [0.25, 0.3) is 0 Å². The zero-order chi connectivity index (χ0) is 22.1. The van der Waals surface area contributed by atoms with Crippen LogP contribution in [0.4, 0.5) is 9.59 Å². The molecule has 1 unspecified atom stereocenters. The minimum absolute atomic E-state index is 0. The first-order chi connectivity index (χ1) is 15.0. The normalized spacial score (nSPS) is 19.2. The van der Waals surface area contributed by atoms with E-state index >= 15 is 0 Å². The van der Waals surface area contributed by atoms with Crippen LogP contribution in [-0.2, 0) is 6.54 Å². The van der Waals surface area contributed by atoms with Crippen molar-refractivity contribution in [2.24, 2.45) is 0 Å². The van der Waals surface area contributed by atoms with Crippen LogP contribution in [0.15, 0.2) is 18.2 Å². The zero-order valence-electron chi connectivity index (χ0n) is 19.4. The van der Waals surface area contributed by atoms with Crippen molar-refractivity contribution in [2.45, 2.75) is 76.8 Å². The molecule has 2 aliphatic rings. The summed E-state index contributed by atoms with van der Waals surface area (Å²) in [5, 5.41) is 10.1. The van der Waals surface area contributed by atoms with Crippen molar-refractivity contribution >= 4 is 35.3 Å². The van der Waals surface area contributed by atoms with E-state index in [9.17, 15) is 9.59 Å². The smallest absolute Gasteiger partial charge is 0.317 e. The molecule has 1 heterocycles. The average Bonchev–Trinajstić information content (AvgIpc) is 2.73. The molecule has 8 heteroatoms. The largest absolute Gasteiger partial charge is 0.336 e. The van der Waals surface area contributed by atoms with Crippen LogP contribution in [0.1, 0.15) is 69.8 Å². The molecule has 5 radical (unpaired) electrons. The van der Waals surface area contributed by atoms with Gasteiger partial charge in [0.25, 0.3) is 0 Å². The number of hydrogen-bond acceptors (Lipinski definition) is 2. The Morgan fingerprint density at radius 1 is 0.939 bits per heavy atom. The molecule has 0 spiro atoms. The Balaban J connectivity index is 0.00000272. The summed E-state index contributed by atoms with van der Waals surface area (Å²) < 4.78 is 0. The quantitative estimate of drug-likeness (QED) is 0.448. The summed E-state index contributed by atoms with van der Waals surface area (Å²) >= 11 is 12.1. The summed E-state index contributed by atoms with van der Waals surface area (Å²) in [6.45, 7) is 1.48. The predicted molar refractivity (Wildman–Crippen MR) is 136 cm³/mol. The van der Waals surface area contributed by atoms with Crippen LogP contribution in [0.5, 0.6) is 0 Å². The lowest BCUT2D eigenvalue weighted by molar-refractivity contribution is 0.149. The molecular formula is C25H37Cl2N4O2. The van der Waals surface area contributed by atoms with Gasteiger partial charge in [0.15, 0.2) is 0 Å². The number of benzene rings is 1. The van der Waals surface area contributed by atoms with Crippen molar-refractivity contribution in [1.29, 1.82) is 0 Å². The number of piperidine rings is 1. The van der Waals surface area contributed by atoms with E-state index in [2.05, 4.69) is 16.0 Å². The first-order valence-electron chi connectivity index (χ1n) is 11.4. The number of amides is 4. The second kappa shape index (κ2) is 15.3. The SMILES string of the molecule is O=C(NCC1CCCCN1C(=O)NCc1ccc(Cl)cc1Cl)N[C]1CCCCCCC1.[CH2].[CH2]. The van der Waals surface area contributed by atoms with E-state index in [1.165, 1.54) is 19.3 Å². The van der Waals surface area contributed by atoms with Gasteiger partial charge in [-0.3, -0.25) is 0 Å². The van der Waals surface area contributed by atoms with Crippen molar-refractivity contribution in [2.75, 3.05) is 13.1 Å². The molecular weight excluding hydrogens is 459 g/mol. The van der Waals surface area contributed by atoms with Crippen molar-refractivity contribution in [3.8, 4) is 0 Å². The number of urea groups is 2. The van der Waals surface area contributed by atoms with Gasteiger partial charge in [-0.15, -0.1) is 0 Å². The fourth-order valence-corrected chi connectivity index (χ4v) is 4.77. The van der Waals surface area contributed by atoms with E-state index < -0.39 is 0 Å². The van der Waals surface area contributed by atoms with E-state index in [0.29, 0.717) is 29.7 Å². The Labute approximate surface area is 210 Å². The maximum Gasteiger partial charge on any atom is 0.317 e. The van der Waals surface area contributed by atoms with Gasteiger partial charge < -0.3 is 20.9 Å². The van der Waals surface area contributed by atoms with Crippen LogP contribution in [-0.4, -0.2) is 36.1 Å². The molecule has 3 rings (SSSR count). The predicted octanol–water partition coefficient (Wildman–Crippen LogP) is 6.29. The van der Waals surface area contributed by atoms with E-state index in [-0.39, 0.29) is 33.0 Å². The molecule has 1 aromatic rings. The number of carbonyl (C=O) groups is 2. The van der Waals surface area contributed by atoms with Crippen LogP contribution < -0.4 is 16.0 Å². The van der Waals surface area contributed by atoms with Crippen LogP contribution in [0.2, 0.25) is 10.0 Å². The third kappa shape index (κ3) is 9.62. The Morgan fingerprint density at radius 2 is 1.64 bits per heavy atom.